The van der Waals surface area contributed by atoms with Crippen LogP contribution in [0.3, 0.4) is 0 Å². The highest BCUT2D eigenvalue weighted by Gasteiger charge is 2.36. The van der Waals surface area contributed by atoms with E-state index in [9.17, 15) is 4.79 Å². The highest BCUT2D eigenvalue weighted by Crippen LogP contribution is 2.34. The first-order chi connectivity index (χ1) is 9.36. The Kier molecular flexibility index (Phi) is 4.36. The fourth-order valence-electron chi connectivity index (χ4n) is 2.79. The Morgan fingerprint density at radius 2 is 2.10 bits per heavy atom. The number of carbonyl (C=O) groups excluding carboxylic acids is 1. The minimum Gasteiger partial charge on any atom is -0.399 e. The first-order valence-corrected chi connectivity index (χ1v) is 7.48. The first-order valence-electron chi connectivity index (χ1n) is 7.48. The van der Waals surface area contributed by atoms with E-state index < -0.39 is 0 Å². The second-order valence-electron chi connectivity index (χ2n) is 6.96. The van der Waals surface area contributed by atoms with Crippen molar-refractivity contribution in [2.75, 3.05) is 18.8 Å². The van der Waals surface area contributed by atoms with Gasteiger partial charge in [-0.25, -0.2) is 0 Å². The smallest absolute Gasteiger partial charge is 0.222 e. The van der Waals surface area contributed by atoms with Crippen molar-refractivity contribution in [3.63, 3.8) is 0 Å². The summed E-state index contributed by atoms with van der Waals surface area (Å²) in [5.41, 5.74) is 8.06. The fraction of sp³-hybridized carbons (Fsp3) is 0.588. The van der Waals surface area contributed by atoms with Gasteiger partial charge in [0.05, 0.1) is 0 Å². The van der Waals surface area contributed by atoms with Crippen molar-refractivity contribution in [1.29, 1.82) is 0 Å². The molecule has 1 unspecified atom stereocenters. The van der Waals surface area contributed by atoms with Crippen LogP contribution in [0.5, 0.6) is 0 Å². The summed E-state index contributed by atoms with van der Waals surface area (Å²) in [5, 5.41) is 0. The molecule has 0 radical (unpaired) electrons. The van der Waals surface area contributed by atoms with Gasteiger partial charge in [0.25, 0.3) is 0 Å². The molecule has 0 spiro atoms. The predicted octanol–water partition coefficient (Wildman–Crippen LogP) is 3.10. The van der Waals surface area contributed by atoms with E-state index in [-0.39, 0.29) is 5.41 Å². The highest BCUT2D eigenvalue weighted by atomic mass is 16.2. The van der Waals surface area contributed by atoms with Gasteiger partial charge < -0.3 is 10.6 Å². The van der Waals surface area contributed by atoms with Crippen LogP contribution in [0.4, 0.5) is 5.69 Å². The van der Waals surface area contributed by atoms with Crippen molar-refractivity contribution in [2.24, 2.45) is 11.3 Å². The topological polar surface area (TPSA) is 46.3 Å². The van der Waals surface area contributed by atoms with Crippen LogP contribution in [0.1, 0.15) is 39.2 Å². The van der Waals surface area contributed by atoms with Gasteiger partial charge in [-0.15, -0.1) is 0 Å². The van der Waals surface area contributed by atoms with Gasteiger partial charge in [0.2, 0.25) is 5.91 Å². The minimum atomic E-state index is 0.221. The number of hydrogen-bond acceptors (Lipinski definition) is 2. The van der Waals surface area contributed by atoms with E-state index in [0.717, 1.165) is 31.6 Å². The van der Waals surface area contributed by atoms with Crippen LogP contribution in [0.2, 0.25) is 0 Å². The summed E-state index contributed by atoms with van der Waals surface area (Å²) in [6, 6.07) is 8.01. The monoisotopic (exact) mass is 274 g/mol. The van der Waals surface area contributed by atoms with Gasteiger partial charge in [-0.2, -0.15) is 0 Å². The van der Waals surface area contributed by atoms with Gasteiger partial charge in [0, 0.05) is 25.2 Å². The number of aryl methyl sites for hydroxylation is 1. The molecule has 0 saturated carbocycles. The molecule has 3 heteroatoms. The van der Waals surface area contributed by atoms with Crippen molar-refractivity contribution in [1.82, 2.24) is 4.90 Å². The molecule has 2 rings (SSSR count). The largest absolute Gasteiger partial charge is 0.399 e. The summed E-state index contributed by atoms with van der Waals surface area (Å²) >= 11 is 0. The van der Waals surface area contributed by atoms with E-state index in [2.05, 4.69) is 26.8 Å². The normalized spacial score (nSPS) is 19.6. The summed E-state index contributed by atoms with van der Waals surface area (Å²) in [6.07, 6.45) is 2.70. The van der Waals surface area contributed by atoms with E-state index >= 15 is 0 Å². The van der Waals surface area contributed by atoms with Crippen LogP contribution in [-0.4, -0.2) is 23.9 Å². The summed E-state index contributed by atoms with van der Waals surface area (Å²) in [7, 11) is 0. The Hall–Kier alpha value is -1.51. The second-order valence-corrected chi connectivity index (χ2v) is 6.96. The van der Waals surface area contributed by atoms with Crippen molar-refractivity contribution in [2.45, 2.75) is 40.0 Å². The number of nitrogens with zero attached hydrogens (tertiary/aromatic N) is 1. The summed E-state index contributed by atoms with van der Waals surface area (Å²) in [4.78, 5) is 14.1. The molecule has 110 valence electrons. The number of rotatable bonds is 4. The molecule has 1 fully saturated rings. The molecule has 3 nitrogen and oxygen atoms in total. The lowest BCUT2D eigenvalue weighted by molar-refractivity contribution is -0.127. The molecule has 20 heavy (non-hydrogen) atoms. The van der Waals surface area contributed by atoms with Crippen molar-refractivity contribution < 1.29 is 4.79 Å². The van der Waals surface area contributed by atoms with Crippen LogP contribution in [0, 0.1) is 11.3 Å². The minimum absolute atomic E-state index is 0.221. The van der Waals surface area contributed by atoms with Gasteiger partial charge in [-0.1, -0.05) is 32.9 Å². The molecule has 1 heterocycles. The van der Waals surface area contributed by atoms with E-state index in [1.165, 1.54) is 5.56 Å². The molecule has 1 aromatic carbocycles. The Bertz CT molecular complexity index is 476. The average molecular weight is 274 g/mol. The van der Waals surface area contributed by atoms with Crippen LogP contribution in [0.25, 0.3) is 0 Å². The van der Waals surface area contributed by atoms with Crippen molar-refractivity contribution in [3.8, 4) is 0 Å². The van der Waals surface area contributed by atoms with Gasteiger partial charge >= 0.3 is 0 Å². The number of likely N-dealkylation sites (tertiary alicyclic amines) is 1. The maximum Gasteiger partial charge on any atom is 0.222 e. The molecule has 1 atom stereocenters. The lowest BCUT2D eigenvalue weighted by atomic mass is 9.80. The maximum atomic E-state index is 12.0. The number of nitrogen functional groups attached to an aromatic ring is 1. The number of hydrogen-bond donors (Lipinski definition) is 1. The SMILES string of the molecule is CC(C)(C)C1CC(=O)N(CCCc2cccc(N)c2)C1. The molecule has 1 aromatic rings. The third-order valence-corrected chi connectivity index (χ3v) is 4.28. The third-order valence-electron chi connectivity index (χ3n) is 4.28. The Morgan fingerprint density at radius 1 is 1.35 bits per heavy atom. The Labute approximate surface area is 122 Å². The van der Waals surface area contributed by atoms with E-state index in [1.807, 2.05) is 23.1 Å². The maximum absolute atomic E-state index is 12.0. The van der Waals surface area contributed by atoms with Gasteiger partial charge in [0.1, 0.15) is 0 Å². The van der Waals surface area contributed by atoms with E-state index in [4.69, 9.17) is 5.73 Å². The zero-order chi connectivity index (χ0) is 14.8. The molecule has 0 bridgehead atoms. The standard InChI is InChI=1S/C17H26N2O/c1-17(2,3)14-11-16(20)19(12-14)9-5-7-13-6-4-8-15(18)10-13/h4,6,8,10,14H,5,7,9,11-12,18H2,1-3H3. The summed E-state index contributed by atoms with van der Waals surface area (Å²) < 4.78 is 0. The molecule has 1 amide bonds. The summed E-state index contributed by atoms with van der Waals surface area (Å²) in [5.74, 6) is 0.805. The number of benzene rings is 1. The van der Waals surface area contributed by atoms with Gasteiger partial charge in [-0.05, 0) is 41.9 Å². The average Bonchev–Trinajstić information content (AvgIpc) is 2.71. The van der Waals surface area contributed by atoms with Gasteiger partial charge in [-0.3, -0.25) is 4.79 Å². The highest BCUT2D eigenvalue weighted by molar-refractivity contribution is 5.78. The van der Waals surface area contributed by atoms with Crippen molar-refractivity contribution >= 4 is 11.6 Å². The molecule has 0 aliphatic carbocycles. The van der Waals surface area contributed by atoms with Gasteiger partial charge in [0.15, 0.2) is 0 Å². The van der Waals surface area contributed by atoms with Crippen LogP contribution in [0.15, 0.2) is 24.3 Å². The lowest BCUT2D eigenvalue weighted by Gasteiger charge is -2.26. The molecule has 2 N–H and O–H groups in total. The van der Waals surface area contributed by atoms with Crippen LogP contribution in [-0.2, 0) is 11.2 Å². The Balaban J connectivity index is 1.82. The number of amides is 1. The molecule has 1 aliphatic rings. The predicted molar refractivity (Wildman–Crippen MR) is 83.3 cm³/mol. The lowest BCUT2D eigenvalue weighted by Crippen LogP contribution is -2.28. The molecule has 1 saturated heterocycles. The number of carbonyl (C=O) groups is 1. The zero-order valence-corrected chi connectivity index (χ0v) is 12.9. The summed E-state index contributed by atoms with van der Waals surface area (Å²) in [6.45, 7) is 8.45. The number of anilines is 1. The molecular formula is C17H26N2O. The molecular weight excluding hydrogens is 248 g/mol. The van der Waals surface area contributed by atoms with Crippen LogP contribution < -0.4 is 5.73 Å². The first kappa shape index (κ1) is 14.9. The van der Waals surface area contributed by atoms with E-state index in [0.29, 0.717) is 18.2 Å². The molecule has 1 aliphatic heterocycles. The van der Waals surface area contributed by atoms with E-state index in [1.54, 1.807) is 0 Å². The third kappa shape index (κ3) is 3.75. The molecule has 0 aromatic heterocycles. The second kappa shape index (κ2) is 5.86. The van der Waals surface area contributed by atoms with Crippen molar-refractivity contribution in [3.05, 3.63) is 29.8 Å². The van der Waals surface area contributed by atoms with Crippen LogP contribution >= 0.6 is 0 Å². The fourth-order valence-corrected chi connectivity index (χ4v) is 2.79. The Morgan fingerprint density at radius 3 is 2.70 bits per heavy atom. The quantitative estimate of drug-likeness (QED) is 0.858. The zero-order valence-electron chi connectivity index (χ0n) is 12.9. The number of nitrogens with two attached hydrogens (primary N) is 1.